The topological polar surface area (TPSA) is 35.2 Å². The summed E-state index contributed by atoms with van der Waals surface area (Å²) in [5.41, 5.74) is 8.78. The molecule has 0 unspecified atom stereocenters. The Morgan fingerprint density at radius 3 is 2.09 bits per heavy atom. The van der Waals surface area contributed by atoms with Crippen LogP contribution in [0.15, 0.2) is 42.5 Å². The Balaban J connectivity index is 2.24. The Hall–Kier alpha value is -1.45. The molecule has 2 aromatic rings. The van der Waals surface area contributed by atoms with Gasteiger partial charge in [0.1, 0.15) is 5.75 Å². The van der Waals surface area contributed by atoms with Gasteiger partial charge in [-0.2, -0.15) is 0 Å². The summed E-state index contributed by atoms with van der Waals surface area (Å²) in [6.07, 6.45) is 0. The standard InChI is InChI=1S/C18H24ClNOSi/c1-18(2,3)22(4,5)21-15-9-6-13(7-10-15)16-11-8-14(19)12-17(16)20/h6-12H,20H2,1-5H3. The van der Waals surface area contributed by atoms with Crippen LogP contribution < -0.4 is 10.2 Å². The molecular formula is C18H24ClNOSi. The largest absolute Gasteiger partial charge is 0.544 e. The van der Waals surface area contributed by atoms with E-state index >= 15 is 0 Å². The zero-order chi connectivity index (χ0) is 16.5. The Morgan fingerprint density at radius 2 is 1.59 bits per heavy atom. The zero-order valence-electron chi connectivity index (χ0n) is 13.9. The van der Waals surface area contributed by atoms with Gasteiger partial charge >= 0.3 is 0 Å². The van der Waals surface area contributed by atoms with Gasteiger partial charge in [-0.15, -0.1) is 0 Å². The average molecular weight is 334 g/mol. The number of nitrogen functional groups attached to an aromatic ring is 1. The predicted molar refractivity (Wildman–Crippen MR) is 99.1 cm³/mol. The van der Waals surface area contributed by atoms with E-state index in [1.165, 1.54) is 0 Å². The highest BCUT2D eigenvalue weighted by Crippen LogP contribution is 2.38. The lowest BCUT2D eigenvalue weighted by atomic mass is 10.0. The van der Waals surface area contributed by atoms with Gasteiger partial charge in [0, 0.05) is 16.3 Å². The van der Waals surface area contributed by atoms with Crippen LogP contribution in [0.1, 0.15) is 20.8 Å². The summed E-state index contributed by atoms with van der Waals surface area (Å²) in [5.74, 6) is 0.919. The fourth-order valence-corrected chi connectivity index (χ4v) is 3.16. The minimum Gasteiger partial charge on any atom is -0.544 e. The lowest BCUT2D eigenvalue weighted by molar-refractivity contribution is 0.492. The van der Waals surface area contributed by atoms with Gasteiger partial charge in [-0.05, 0) is 48.0 Å². The second-order valence-corrected chi connectivity index (χ2v) is 12.3. The van der Waals surface area contributed by atoms with E-state index in [9.17, 15) is 0 Å². The summed E-state index contributed by atoms with van der Waals surface area (Å²) in [5, 5.41) is 0.839. The maximum atomic E-state index is 6.29. The molecule has 118 valence electrons. The lowest BCUT2D eigenvalue weighted by Crippen LogP contribution is -2.43. The molecule has 0 heterocycles. The quantitative estimate of drug-likeness (QED) is 0.554. The zero-order valence-corrected chi connectivity index (χ0v) is 15.7. The molecule has 0 aromatic heterocycles. The van der Waals surface area contributed by atoms with Crippen molar-refractivity contribution in [1.29, 1.82) is 0 Å². The van der Waals surface area contributed by atoms with Crippen molar-refractivity contribution < 1.29 is 4.43 Å². The van der Waals surface area contributed by atoms with Gasteiger partial charge in [-0.25, -0.2) is 0 Å². The Kier molecular flexibility index (Phi) is 4.59. The fourth-order valence-electron chi connectivity index (χ4n) is 1.95. The van der Waals surface area contributed by atoms with Gasteiger partial charge in [0.25, 0.3) is 0 Å². The van der Waals surface area contributed by atoms with Crippen LogP contribution in [0.2, 0.25) is 23.2 Å². The minimum absolute atomic E-state index is 0.187. The van der Waals surface area contributed by atoms with E-state index in [1.54, 1.807) is 6.07 Å². The van der Waals surface area contributed by atoms with Crippen LogP contribution in [0.25, 0.3) is 11.1 Å². The predicted octanol–water partition coefficient (Wildman–Crippen LogP) is 5.97. The summed E-state index contributed by atoms with van der Waals surface area (Å²) >= 11 is 5.95. The van der Waals surface area contributed by atoms with Gasteiger partial charge in [0.2, 0.25) is 8.32 Å². The van der Waals surface area contributed by atoms with Crippen LogP contribution >= 0.6 is 11.6 Å². The van der Waals surface area contributed by atoms with Gasteiger partial charge in [0.05, 0.1) is 0 Å². The number of rotatable bonds is 3. The van der Waals surface area contributed by atoms with Gasteiger partial charge in [0.15, 0.2) is 0 Å². The van der Waals surface area contributed by atoms with Crippen LogP contribution in [-0.4, -0.2) is 8.32 Å². The van der Waals surface area contributed by atoms with Crippen molar-refractivity contribution in [2.45, 2.75) is 38.9 Å². The van der Waals surface area contributed by atoms with Crippen molar-refractivity contribution in [1.82, 2.24) is 0 Å². The third kappa shape index (κ3) is 3.65. The van der Waals surface area contributed by atoms with Crippen LogP contribution in [0.5, 0.6) is 5.75 Å². The van der Waals surface area contributed by atoms with E-state index in [0.29, 0.717) is 10.7 Å². The molecule has 0 spiro atoms. The van der Waals surface area contributed by atoms with Crippen molar-refractivity contribution >= 4 is 25.6 Å². The van der Waals surface area contributed by atoms with Gasteiger partial charge in [-0.1, -0.05) is 50.6 Å². The summed E-state index contributed by atoms with van der Waals surface area (Å²) in [7, 11) is -1.80. The summed E-state index contributed by atoms with van der Waals surface area (Å²) in [6, 6.07) is 13.7. The third-order valence-electron chi connectivity index (χ3n) is 4.36. The lowest BCUT2D eigenvalue weighted by Gasteiger charge is -2.36. The third-order valence-corrected chi connectivity index (χ3v) is 8.95. The molecular weight excluding hydrogens is 310 g/mol. The molecule has 2 aromatic carbocycles. The van der Waals surface area contributed by atoms with E-state index in [4.69, 9.17) is 21.8 Å². The van der Waals surface area contributed by atoms with Crippen molar-refractivity contribution in [3.8, 4) is 16.9 Å². The Bertz CT molecular complexity index is 660. The van der Waals surface area contributed by atoms with E-state index < -0.39 is 8.32 Å². The summed E-state index contributed by atoms with van der Waals surface area (Å²) < 4.78 is 6.29. The van der Waals surface area contributed by atoms with Gasteiger partial charge in [-0.3, -0.25) is 0 Å². The molecule has 0 aliphatic carbocycles. The van der Waals surface area contributed by atoms with Crippen LogP contribution in [0.3, 0.4) is 0 Å². The normalized spacial score (nSPS) is 12.3. The number of anilines is 1. The highest BCUT2D eigenvalue weighted by molar-refractivity contribution is 6.74. The summed E-state index contributed by atoms with van der Waals surface area (Å²) in [6.45, 7) is 11.2. The molecule has 0 aliphatic heterocycles. The van der Waals surface area contributed by atoms with E-state index in [2.05, 4.69) is 33.9 Å². The number of nitrogens with two attached hydrogens (primary N) is 1. The SMILES string of the molecule is CC(C)(C)[Si](C)(C)Oc1ccc(-c2ccc(Cl)cc2N)cc1. The molecule has 0 saturated heterocycles. The molecule has 0 radical (unpaired) electrons. The van der Waals surface area contributed by atoms with Crippen molar-refractivity contribution in [2.75, 3.05) is 5.73 Å². The molecule has 22 heavy (non-hydrogen) atoms. The fraction of sp³-hybridized carbons (Fsp3) is 0.333. The van der Waals surface area contributed by atoms with E-state index in [1.807, 2.05) is 36.4 Å². The van der Waals surface area contributed by atoms with Crippen LogP contribution in [0.4, 0.5) is 5.69 Å². The number of hydrogen-bond donors (Lipinski definition) is 1. The highest BCUT2D eigenvalue weighted by atomic mass is 35.5. The first-order valence-electron chi connectivity index (χ1n) is 7.45. The van der Waals surface area contributed by atoms with Gasteiger partial charge < -0.3 is 10.2 Å². The molecule has 2 nitrogen and oxygen atoms in total. The Morgan fingerprint density at radius 1 is 1.00 bits per heavy atom. The maximum absolute atomic E-state index is 6.29. The van der Waals surface area contributed by atoms with E-state index in [0.717, 1.165) is 16.9 Å². The second kappa shape index (κ2) is 5.97. The molecule has 2 N–H and O–H groups in total. The van der Waals surface area contributed by atoms with E-state index in [-0.39, 0.29) is 5.04 Å². The molecule has 0 amide bonds. The first kappa shape index (κ1) is 16.9. The second-order valence-electron chi connectivity index (χ2n) is 7.12. The minimum atomic E-state index is -1.80. The molecule has 0 saturated carbocycles. The average Bonchev–Trinajstić information content (AvgIpc) is 2.38. The number of hydrogen-bond acceptors (Lipinski definition) is 2. The smallest absolute Gasteiger partial charge is 0.250 e. The monoisotopic (exact) mass is 333 g/mol. The van der Waals surface area contributed by atoms with Crippen LogP contribution in [-0.2, 0) is 0 Å². The first-order valence-corrected chi connectivity index (χ1v) is 10.7. The molecule has 0 atom stereocenters. The molecule has 0 aliphatic rings. The molecule has 4 heteroatoms. The first-order chi connectivity index (χ1) is 10.1. The molecule has 0 fully saturated rings. The number of benzene rings is 2. The Labute approximate surface area is 139 Å². The van der Waals surface area contributed by atoms with Crippen molar-refractivity contribution in [3.63, 3.8) is 0 Å². The molecule has 0 bridgehead atoms. The maximum Gasteiger partial charge on any atom is 0.250 e. The van der Waals surface area contributed by atoms with Crippen molar-refractivity contribution in [3.05, 3.63) is 47.5 Å². The summed E-state index contributed by atoms with van der Waals surface area (Å²) in [4.78, 5) is 0. The van der Waals surface area contributed by atoms with Crippen LogP contribution in [0, 0.1) is 0 Å². The number of halogens is 1. The van der Waals surface area contributed by atoms with Crippen molar-refractivity contribution in [2.24, 2.45) is 0 Å². The highest BCUT2D eigenvalue weighted by Gasteiger charge is 2.38. The molecule has 2 rings (SSSR count).